The molecule has 1 saturated carbocycles. The minimum Gasteiger partial charge on any atom is -0.508 e. The molecule has 2 unspecified atom stereocenters. The molecule has 10 atom stereocenters. The van der Waals surface area contributed by atoms with Crippen molar-refractivity contribution in [1.82, 2.24) is 5.32 Å². The molecule has 16 heteroatoms. The van der Waals surface area contributed by atoms with Crippen LogP contribution in [-0.4, -0.2) is 109 Å². The molecule has 354 valence electrons. The number of fused-ring (bicyclic) bond motifs is 4. The van der Waals surface area contributed by atoms with Gasteiger partial charge in [-0.3, -0.25) is 19.5 Å². The predicted octanol–water partition coefficient (Wildman–Crippen LogP) is 3.14. The van der Waals surface area contributed by atoms with Crippen molar-refractivity contribution in [3.8, 4) is 17.2 Å². The van der Waals surface area contributed by atoms with Gasteiger partial charge in [0, 0.05) is 61.0 Å². The number of nitrogens with one attached hydrogen (secondary N) is 2. The number of quaternary nitrogens is 1. The van der Waals surface area contributed by atoms with Gasteiger partial charge in [0.25, 0.3) is 0 Å². The lowest BCUT2D eigenvalue weighted by Gasteiger charge is -2.48. The van der Waals surface area contributed by atoms with Crippen LogP contribution in [0.25, 0.3) is 21.7 Å². The van der Waals surface area contributed by atoms with E-state index < -0.39 is 60.7 Å². The molecule has 4 aromatic rings. The van der Waals surface area contributed by atoms with Crippen LogP contribution in [0.15, 0.2) is 92.4 Å². The van der Waals surface area contributed by atoms with Gasteiger partial charge in [0.2, 0.25) is 17.2 Å². The largest absolute Gasteiger partial charge is 0.508 e. The van der Waals surface area contributed by atoms with E-state index in [1.165, 1.54) is 36.4 Å². The van der Waals surface area contributed by atoms with E-state index in [1.807, 2.05) is 12.3 Å². The van der Waals surface area contributed by atoms with Crippen molar-refractivity contribution in [1.29, 1.82) is 0 Å². The van der Waals surface area contributed by atoms with Crippen molar-refractivity contribution >= 4 is 39.6 Å². The molecule has 1 amide bonds. The van der Waals surface area contributed by atoms with Crippen LogP contribution in [0.1, 0.15) is 68.8 Å². The van der Waals surface area contributed by atoms with Gasteiger partial charge in [-0.2, -0.15) is 0 Å². The van der Waals surface area contributed by atoms with Gasteiger partial charge in [-0.05, 0) is 85.4 Å². The van der Waals surface area contributed by atoms with Crippen LogP contribution >= 0.6 is 0 Å². The van der Waals surface area contributed by atoms with Crippen molar-refractivity contribution in [2.24, 2.45) is 22.2 Å². The highest BCUT2D eigenvalue weighted by molar-refractivity contribution is 5.92. The van der Waals surface area contributed by atoms with Crippen LogP contribution in [0, 0.1) is 24.2 Å². The number of aliphatic hydroxyl groups is 5. The number of aliphatic hydroxyl groups excluding tert-OH is 4. The second-order valence-electron chi connectivity index (χ2n) is 19.5. The lowest BCUT2D eigenvalue weighted by molar-refractivity contribution is -0.793. The number of phenolic OH excluding ortho intramolecular Hbond substituents is 2. The molecule has 4 aliphatic heterocycles. The molecule has 2 aliphatic carbocycles. The topological polar surface area (TPSA) is 245 Å². The third-order valence-corrected chi connectivity index (χ3v) is 15.6. The maximum atomic E-state index is 13.9. The third kappa shape index (κ3) is 7.58. The Balaban J connectivity index is 1.06. The first kappa shape index (κ1) is 45.4. The van der Waals surface area contributed by atoms with Crippen LogP contribution < -0.4 is 20.4 Å². The van der Waals surface area contributed by atoms with Crippen LogP contribution in [0.2, 0.25) is 0 Å². The summed E-state index contributed by atoms with van der Waals surface area (Å²) in [4.78, 5) is 45.5. The Kier molecular flexibility index (Phi) is 11.7. The summed E-state index contributed by atoms with van der Waals surface area (Å²) < 4.78 is 13.9. The lowest BCUT2D eigenvalue weighted by atomic mass is 9.64. The second-order valence-corrected chi connectivity index (χ2v) is 19.5. The number of aliphatic imine (C=N–C) groups is 1. The number of benzene rings is 3. The summed E-state index contributed by atoms with van der Waals surface area (Å²) in [6, 6.07) is 10.3. The molecule has 2 fully saturated rings. The Hall–Kier alpha value is -5.43. The number of hydrogen-bond acceptors (Lipinski definition) is 14. The van der Waals surface area contributed by atoms with Gasteiger partial charge in [-0.25, -0.2) is 9.78 Å². The molecule has 5 heterocycles. The van der Waals surface area contributed by atoms with Crippen LogP contribution in [0.5, 0.6) is 17.2 Å². The zero-order valence-corrected chi connectivity index (χ0v) is 37.5. The standard InChI is InChI=1S/C51H57N3O13/c1-3-38-33-12-16-52-37(33)24-54(38)43-45-30(18-35-40(58)17-27(2)65-46(35)43)19-42(51(66-45)15-6-7-29(22-51)36-23-53-48(62)49(36)13-4-5-14-49)67-64-26-50(63,47(61)44(60)41(59)25-55)21-28-8-11-39(57)32-10-9-31(56)20-34(28)32/h6-12,16-18,20,24,29,36,38,41-42,44,47,55-57,59-61,63H,3-5,13-15,19,21-23,25-26H2,1-2H3,(H,53,62)/p+1/t29-,36-,38?,41+,42+,44+,47-,50-,51+/m0/s1. The second kappa shape index (κ2) is 17.3. The van der Waals surface area contributed by atoms with E-state index in [9.17, 15) is 45.3 Å². The number of nitrogens with zero attached hydrogens (tertiary/aromatic N) is 1. The lowest BCUT2D eigenvalue weighted by Crippen LogP contribution is -3.05. The highest BCUT2D eigenvalue weighted by atomic mass is 17.2. The van der Waals surface area contributed by atoms with Crippen molar-refractivity contribution in [3.63, 3.8) is 0 Å². The maximum absolute atomic E-state index is 13.9. The van der Waals surface area contributed by atoms with E-state index in [1.54, 1.807) is 19.2 Å². The summed E-state index contributed by atoms with van der Waals surface area (Å²) in [6.07, 6.45) is 7.91. The molecule has 6 aliphatic rings. The zero-order chi connectivity index (χ0) is 47.0. The molecule has 2 spiro atoms. The first-order valence-electron chi connectivity index (χ1n) is 23.4. The van der Waals surface area contributed by atoms with E-state index in [-0.39, 0.29) is 47.1 Å². The van der Waals surface area contributed by atoms with Crippen molar-refractivity contribution in [2.75, 3.05) is 19.8 Å². The fourth-order valence-corrected chi connectivity index (χ4v) is 12.1. The molecule has 0 radical (unpaired) electrons. The zero-order valence-electron chi connectivity index (χ0n) is 37.5. The number of carbonyl (C=O) groups is 1. The van der Waals surface area contributed by atoms with Crippen LogP contribution in [0.3, 0.4) is 0 Å². The van der Waals surface area contributed by atoms with Gasteiger partial charge >= 0.3 is 0 Å². The number of rotatable bonds is 13. The summed E-state index contributed by atoms with van der Waals surface area (Å²) >= 11 is 0. The quantitative estimate of drug-likeness (QED) is 0.0533. The number of phenols is 2. The van der Waals surface area contributed by atoms with Crippen LogP contribution in [-0.2, 0) is 27.4 Å². The van der Waals surface area contributed by atoms with E-state index in [0.717, 1.165) is 48.3 Å². The Morgan fingerprint density at radius 1 is 1.04 bits per heavy atom. The van der Waals surface area contributed by atoms with Gasteiger partial charge in [0.15, 0.2) is 11.2 Å². The van der Waals surface area contributed by atoms with Crippen molar-refractivity contribution < 1.29 is 64.4 Å². The number of amides is 1. The SMILES string of the molecule is CCC1C2=CC=NC2=C[NH+]1c1c2c(cc3c(=O)cc(C)oc13)C[C@@H](OOC[C@@](O)(Cc1ccc(O)c3ccc(O)cc13)[C@@H](O)[C@H](O)[C@H](O)CO)[C@]1(CC=C[C@H]([C@@H]3CNC(=O)C34CCCC4)C1)O2. The van der Waals surface area contributed by atoms with Gasteiger partial charge in [-0.15, -0.1) is 0 Å². The highest BCUT2D eigenvalue weighted by Gasteiger charge is 2.58. The van der Waals surface area contributed by atoms with E-state index in [4.69, 9.17) is 18.9 Å². The van der Waals surface area contributed by atoms with Gasteiger partial charge in [-0.1, -0.05) is 38.0 Å². The summed E-state index contributed by atoms with van der Waals surface area (Å²) in [6.45, 7) is 2.66. The number of aromatic hydroxyl groups is 2. The number of hydrogen-bond donors (Lipinski definition) is 9. The molecule has 0 bridgehead atoms. The predicted molar refractivity (Wildman–Crippen MR) is 245 cm³/mol. The van der Waals surface area contributed by atoms with Crippen LogP contribution in [0.4, 0.5) is 5.69 Å². The highest BCUT2D eigenvalue weighted by Crippen LogP contribution is 2.55. The van der Waals surface area contributed by atoms with E-state index >= 15 is 0 Å². The first-order chi connectivity index (χ1) is 32.2. The molecule has 1 saturated heterocycles. The van der Waals surface area contributed by atoms with E-state index in [0.29, 0.717) is 69.5 Å². The maximum Gasteiger partial charge on any atom is 0.226 e. The number of carbonyl (C=O) groups excluding carboxylic acids is 1. The van der Waals surface area contributed by atoms with Crippen molar-refractivity contribution in [3.05, 3.63) is 105 Å². The molecule has 16 nitrogen and oxygen atoms in total. The molecular weight excluding hydrogens is 863 g/mol. The third-order valence-electron chi connectivity index (χ3n) is 15.6. The minimum atomic E-state index is -2.41. The summed E-state index contributed by atoms with van der Waals surface area (Å²) in [5, 5.41) is 80.5. The Bertz CT molecular complexity index is 2810. The number of aryl methyl sites for hydroxylation is 1. The average molecular weight is 921 g/mol. The Morgan fingerprint density at radius 2 is 1.85 bits per heavy atom. The van der Waals surface area contributed by atoms with Gasteiger partial charge < -0.3 is 50.2 Å². The monoisotopic (exact) mass is 920 g/mol. The molecular formula is C51H58N3O13+. The molecule has 10 rings (SSSR count). The Morgan fingerprint density at radius 3 is 2.63 bits per heavy atom. The Labute approximate surface area is 386 Å². The molecule has 67 heavy (non-hydrogen) atoms. The van der Waals surface area contributed by atoms with E-state index in [2.05, 4.69) is 29.4 Å². The molecule has 1 aromatic heterocycles. The summed E-state index contributed by atoms with van der Waals surface area (Å²) in [7, 11) is 0. The summed E-state index contributed by atoms with van der Waals surface area (Å²) in [5.41, 5.74) is -0.338. The first-order valence-corrected chi connectivity index (χ1v) is 23.4. The molecule has 3 aromatic carbocycles. The average Bonchev–Trinajstić information content (AvgIpc) is 4.12. The molecule has 9 N–H and O–H groups in total. The fraction of sp³-hybridized carbons (Fsp3) is 0.471. The summed E-state index contributed by atoms with van der Waals surface area (Å²) in [5.74, 6) is 0.693. The van der Waals surface area contributed by atoms with Gasteiger partial charge in [0.05, 0.1) is 17.4 Å². The fourth-order valence-electron chi connectivity index (χ4n) is 12.1. The normalized spacial score (nSPS) is 28.3. The van der Waals surface area contributed by atoms with Gasteiger partial charge in [0.1, 0.15) is 77.4 Å². The smallest absolute Gasteiger partial charge is 0.226 e. The minimum absolute atomic E-state index is 0.0268. The number of allylic oxidation sites excluding steroid dienone is 2. The number of ether oxygens (including phenoxy) is 1. The van der Waals surface area contributed by atoms with Crippen molar-refractivity contribution in [2.45, 2.75) is 113 Å².